The Morgan fingerprint density at radius 2 is 1.90 bits per heavy atom. The van der Waals surface area contributed by atoms with E-state index < -0.39 is 23.5 Å². The van der Waals surface area contributed by atoms with Crippen molar-refractivity contribution in [3.63, 3.8) is 0 Å². The maximum Gasteiger partial charge on any atom is 0.328 e. The average molecular weight is 402 g/mol. The first-order valence-corrected chi connectivity index (χ1v) is 10.2. The van der Waals surface area contributed by atoms with Gasteiger partial charge in [-0.05, 0) is 31.4 Å². The third-order valence-electron chi connectivity index (χ3n) is 6.24. The van der Waals surface area contributed by atoms with E-state index in [9.17, 15) is 14.4 Å². The van der Waals surface area contributed by atoms with Crippen molar-refractivity contribution in [2.45, 2.75) is 56.5 Å². The van der Waals surface area contributed by atoms with Gasteiger partial charge in [-0.2, -0.15) is 0 Å². The zero-order valence-electron chi connectivity index (χ0n) is 17.4. The predicted octanol–water partition coefficient (Wildman–Crippen LogP) is 2.25. The number of carbonyl (C=O) groups is 3. The van der Waals surface area contributed by atoms with E-state index in [1.807, 2.05) is 23.1 Å². The minimum atomic E-state index is -0.759. The van der Waals surface area contributed by atoms with E-state index in [-0.39, 0.29) is 11.8 Å². The lowest BCUT2D eigenvalue weighted by molar-refractivity contribution is -0.145. The molecule has 1 aromatic carbocycles. The van der Waals surface area contributed by atoms with Crippen LogP contribution in [0.15, 0.2) is 24.3 Å². The molecule has 1 aromatic rings. The van der Waals surface area contributed by atoms with Crippen LogP contribution in [-0.2, 0) is 19.1 Å². The predicted molar refractivity (Wildman–Crippen MR) is 108 cm³/mol. The number of amides is 2. The second-order valence-electron chi connectivity index (χ2n) is 7.89. The van der Waals surface area contributed by atoms with E-state index in [0.717, 1.165) is 37.7 Å². The van der Waals surface area contributed by atoms with Crippen LogP contribution in [0.3, 0.4) is 0 Å². The van der Waals surface area contributed by atoms with E-state index in [0.29, 0.717) is 18.7 Å². The van der Waals surface area contributed by atoms with Crippen molar-refractivity contribution < 1.29 is 23.9 Å². The fourth-order valence-corrected chi connectivity index (χ4v) is 4.88. The Bertz CT molecular complexity index is 772. The molecule has 7 nitrogen and oxygen atoms in total. The van der Waals surface area contributed by atoms with Gasteiger partial charge in [-0.3, -0.25) is 9.59 Å². The van der Waals surface area contributed by atoms with Crippen LogP contribution in [0.2, 0.25) is 0 Å². The Balaban J connectivity index is 2.07. The number of hydrogen-bond acceptors (Lipinski definition) is 5. The summed E-state index contributed by atoms with van der Waals surface area (Å²) in [5.41, 5.74) is 0.676. The average Bonchev–Trinajstić information content (AvgIpc) is 2.73. The smallest absolute Gasteiger partial charge is 0.328 e. The summed E-state index contributed by atoms with van der Waals surface area (Å²) in [5.74, 6) is -1.33. The monoisotopic (exact) mass is 402 g/mol. The van der Waals surface area contributed by atoms with Crippen LogP contribution in [0.5, 0.6) is 0 Å². The summed E-state index contributed by atoms with van der Waals surface area (Å²) in [7, 11) is 2.91. The summed E-state index contributed by atoms with van der Waals surface area (Å²) >= 11 is 0. The molecule has 3 rings (SSSR count). The van der Waals surface area contributed by atoms with Crippen molar-refractivity contribution in [2.75, 3.05) is 27.4 Å². The number of benzene rings is 1. The number of methoxy groups -OCH3 is 2. The Morgan fingerprint density at radius 3 is 2.55 bits per heavy atom. The number of rotatable bonds is 6. The fraction of sp³-hybridized carbons (Fsp3) is 0.591. The van der Waals surface area contributed by atoms with Gasteiger partial charge in [0.2, 0.25) is 5.91 Å². The lowest BCUT2D eigenvalue weighted by Gasteiger charge is -2.53. The Morgan fingerprint density at radius 1 is 1.21 bits per heavy atom. The second-order valence-corrected chi connectivity index (χ2v) is 7.89. The summed E-state index contributed by atoms with van der Waals surface area (Å²) in [6, 6.07) is 6.56. The van der Waals surface area contributed by atoms with Crippen LogP contribution in [-0.4, -0.2) is 61.6 Å². The number of esters is 1. The summed E-state index contributed by atoms with van der Waals surface area (Å²) in [6.07, 6.45) is 4.50. The molecule has 7 heteroatoms. The highest BCUT2D eigenvalue weighted by atomic mass is 16.5. The zero-order valence-corrected chi connectivity index (χ0v) is 17.4. The van der Waals surface area contributed by atoms with Crippen LogP contribution in [0.1, 0.15) is 60.9 Å². The van der Waals surface area contributed by atoms with Crippen LogP contribution in [0.4, 0.5) is 0 Å². The molecule has 1 saturated carbocycles. The van der Waals surface area contributed by atoms with Crippen LogP contribution in [0, 0.1) is 0 Å². The zero-order chi connectivity index (χ0) is 21.0. The molecule has 2 amide bonds. The third-order valence-corrected chi connectivity index (χ3v) is 6.24. The molecule has 0 aromatic heterocycles. The second kappa shape index (κ2) is 8.95. The van der Waals surface area contributed by atoms with Gasteiger partial charge in [0.1, 0.15) is 6.04 Å². The Hall–Kier alpha value is -2.41. The van der Waals surface area contributed by atoms with Crippen LogP contribution < -0.4 is 5.32 Å². The number of nitrogens with zero attached hydrogens (tertiary/aromatic N) is 1. The van der Waals surface area contributed by atoms with Gasteiger partial charge >= 0.3 is 5.97 Å². The first-order valence-electron chi connectivity index (χ1n) is 10.2. The number of fused-ring (bicyclic) bond motifs is 1. The molecule has 158 valence electrons. The summed E-state index contributed by atoms with van der Waals surface area (Å²) in [4.78, 5) is 40.6. The molecule has 1 aliphatic carbocycles. The minimum Gasteiger partial charge on any atom is -0.467 e. The molecule has 1 aliphatic heterocycles. The molecule has 1 N–H and O–H groups in total. The lowest BCUT2D eigenvalue weighted by Crippen LogP contribution is -2.63. The number of nitrogens with one attached hydrogen (secondary N) is 1. The molecule has 0 bridgehead atoms. The van der Waals surface area contributed by atoms with Crippen LogP contribution in [0.25, 0.3) is 0 Å². The van der Waals surface area contributed by atoms with Gasteiger partial charge in [0, 0.05) is 19.2 Å². The summed E-state index contributed by atoms with van der Waals surface area (Å²) in [5, 5.41) is 2.82. The molecular weight excluding hydrogens is 372 g/mol. The van der Waals surface area contributed by atoms with Gasteiger partial charge in [0.25, 0.3) is 5.91 Å². The maximum absolute atomic E-state index is 13.5. The van der Waals surface area contributed by atoms with Gasteiger partial charge in [-0.25, -0.2) is 4.79 Å². The summed E-state index contributed by atoms with van der Waals surface area (Å²) < 4.78 is 10.0. The molecule has 1 spiro atoms. The third kappa shape index (κ3) is 3.88. The van der Waals surface area contributed by atoms with Gasteiger partial charge in [-0.15, -0.1) is 0 Å². The SMILES string of the molecule is COCCN1C(=O)c2ccccc2[C@H](C(=O)N[C@@H](C)C(=O)OC)C12CCCCC2. The first-order chi connectivity index (χ1) is 14.0. The van der Waals surface area contributed by atoms with Gasteiger partial charge in [-0.1, -0.05) is 37.5 Å². The molecule has 29 heavy (non-hydrogen) atoms. The van der Waals surface area contributed by atoms with E-state index in [2.05, 4.69) is 5.32 Å². The van der Waals surface area contributed by atoms with Crippen LogP contribution >= 0.6 is 0 Å². The van der Waals surface area contributed by atoms with E-state index in [1.165, 1.54) is 7.11 Å². The molecule has 1 heterocycles. The van der Waals surface area contributed by atoms with Crippen molar-refractivity contribution in [2.24, 2.45) is 0 Å². The van der Waals surface area contributed by atoms with Crippen molar-refractivity contribution in [3.8, 4) is 0 Å². The van der Waals surface area contributed by atoms with Gasteiger partial charge in [0.05, 0.1) is 25.2 Å². The molecule has 0 unspecified atom stereocenters. The summed E-state index contributed by atoms with van der Waals surface area (Å²) in [6.45, 7) is 2.45. The van der Waals surface area contributed by atoms with Gasteiger partial charge < -0.3 is 19.7 Å². The maximum atomic E-state index is 13.5. The van der Waals surface area contributed by atoms with Crippen molar-refractivity contribution in [1.29, 1.82) is 0 Å². The largest absolute Gasteiger partial charge is 0.467 e. The number of hydrogen-bond donors (Lipinski definition) is 1. The van der Waals surface area contributed by atoms with Crippen molar-refractivity contribution in [1.82, 2.24) is 10.2 Å². The highest BCUT2D eigenvalue weighted by Gasteiger charge is 2.54. The first kappa shape index (κ1) is 21.3. The molecular formula is C22H30N2O5. The fourth-order valence-electron chi connectivity index (χ4n) is 4.88. The van der Waals surface area contributed by atoms with Gasteiger partial charge in [0.15, 0.2) is 0 Å². The number of ether oxygens (including phenoxy) is 2. The quantitative estimate of drug-likeness (QED) is 0.738. The van der Waals surface area contributed by atoms with E-state index in [4.69, 9.17) is 9.47 Å². The van der Waals surface area contributed by atoms with E-state index >= 15 is 0 Å². The molecule has 1 fully saturated rings. The molecule has 0 radical (unpaired) electrons. The van der Waals surface area contributed by atoms with E-state index in [1.54, 1.807) is 20.1 Å². The normalized spacial score (nSPS) is 21.4. The Kier molecular flexibility index (Phi) is 6.57. The van der Waals surface area contributed by atoms with Crippen molar-refractivity contribution >= 4 is 17.8 Å². The highest BCUT2D eigenvalue weighted by Crippen LogP contribution is 2.49. The van der Waals surface area contributed by atoms with Crippen molar-refractivity contribution in [3.05, 3.63) is 35.4 Å². The molecule has 0 saturated heterocycles. The molecule has 2 aliphatic rings. The highest BCUT2D eigenvalue weighted by molar-refractivity contribution is 6.02. The topological polar surface area (TPSA) is 84.9 Å². The lowest BCUT2D eigenvalue weighted by atomic mass is 9.65. The molecule has 2 atom stereocenters. The Labute approximate surface area is 171 Å². The number of carbonyl (C=O) groups excluding carboxylic acids is 3. The minimum absolute atomic E-state index is 0.0513. The standard InChI is InChI=1S/C22H30N2O5/c1-15(21(27)29-3)23-19(25)18-16-9-5-6-10-17(16)20(26)24(13-14-28-2)22(18)11-7-4-8-12-22/h5-6,9-10,15,18H,4,7-8,11-14H2,1-3H3,(H,23,25)/t15-,18+/m0/s1.